The summed E-state index contributed by atoms with van der Waals surface area (Å²) >= 11 is 0. The number of carbonyl (C=O) groups excluding carboxylic acids is 1. The molecule has 0 aliphatic carbocycles. The Hall–Kier alpha value is -2.94. The number of rotatable bonds is 3. The average molecular weight is 288 g/mol. The van der Waals surface area contributed by atoms with Gasteiger partial charge in [0.05, 0.1) is 11.1 Å². The van der Waals surface area contributed by atoms with Crippen molar-refractivity contribution in [1.82, 2.24) is 0 Å². The highest BCUT2D eigenvalue weighted by Gasteiger charge is 2.14. The van der Waals surface area contributed by atoms with E-state index >= 15 is 0 Å². The van der Waals surface area contributed by atoms with Crippen molar-refractivity contribution in [3.63, 3.8) is 0 Å². The second-order valence-electron chi connectivity index (χ2n) is 4.20. The molecular weight excluding hydrogens is 278 g/mol. The molecule has 2 aromatic rings. The monoisotopic (exact) mass is 288 g/mol. The smallest absolute Gasteiger partial charge is 0.340 e. The molecule has 0 unspecified atom stereocenters. The molecule has 6 heteroatoms. The van der Waals surface area contributed by atoms with Crippen LogP contribution in [0.25, 0.3) is 0 Å². The molecule has 2 aromatic carbocycles. The Labute approximate surface area is 119 Å². The topological polar surface area (TPSA) is 76.1 Å². The summed E-state index contributed by atoms with van der Waals surface area (Å²) < 4.78 is 31.6. The lowest BCUT2D eigenvalue weighted by Crippen LogP contribution is -2.09. The van der Waals surface area contributed by atoms with Gasteiger partial charge in [0.25, 0.3) is 0 Å². The Morgan fingerprint density at radius 2 is 2.05 bits per heavy atom. The summed E-state index contributed by atoms with van der Waals surface area (Å²) in [4.78, 5) is 11.8. The first-order chi connectivity index (χ1) is 10.0. The lowest BCUT2D eigenvalue weighted by Gasteiger charge is -2.08. The van der Waals surface area contributed by atoms with E-state index in [0.29, 0.717) is 0 Å². The van der Waals surface area contributed by atoms with Crippen LogP contribution in [0.5, 0.6) is 0 Å². The number of halogens is 2. The number of nitrogens with two attached hydrogens (primary N) is 1. The average Bonchev–Trinajstić information content (AvgIpc) is 2.46. The third-order valence-electron chi connectivity index (χ3n) is 2.79. The molecule has 0 bridgehead atoms. The van der Waals surface area contributed by atoms with Crippen molar-refractivity contribution in [2.45, 2.75) is 6.61 Å². The molecule has 0 radical (unpaired) electrons. The number of hydrogen-bond donors (Lipinski definition) is 1. The largest absolute Gasteiger partial charge is 0.457 e. The van der Waals surface area contributed by atoms with Crippen molar-refractivity contribution in [3.05, 3.63) is 64.7 Å². The Bertz CT molecular complexity index is 739. The molecule has 2 N–H and O–H groups in total. The number of nitriles is 1. The highest BCUT2D eigenvalue weighted by Crippen LogP contribution is 2.17. The van der Waals surface area contributed by atoms with Crippen LogP contribution in [0.3, 0.4) is 0 Å². The predicted molar refractivity (Wildman–Crippen MR) is 71.0 cm³/mol. The summed E-state index contributed by atoms with van der Waals surface area (Å²) in [5.41, 5.74) is 5.38. The first-order valence-corrected chi connectivity index (χ1v) is 5.92. The summed E-state index contributed by atoms with van der Waals surface area (Å²) in [7, 11) is 0. The maximum Gasteiger partial charge on any atom is 0.340 e. The van der Waals surface area contributed by atoms with Crippen molar-refractivity contribution >= 4 is 11.7 Å². The minimum Gasteiger partial charge on any atom is -0.457 e. The van der Waals surface area contributed by atoms with Gasteiger partial charge in [0.15, 0.2) is 0 Å². The van der Waals surface area contributed by atoms with Crippen LogP contribution in [0.2, 0.25) is 0 Å². The van der Waals surface area contributed by atoms with Gasteiger partial charge >= 0.3 is 5.97 Å². The van der Waals surface area contributed by atoms with Crippen molar-refractivity contribution in [1.29, 1.82) is 5.26 Å². The molecule has 0 amide bonds. The number of hydrogen-bond acceptors (Lipinski definition) is 4. The Morgan fingerprint density at radius 3 is 2.71 bits per heavy atom. The summed E-state index contributed by atoms with van der Waals surface area (Å²) in [5, 5.41) is 8.71. The lowest BCUT2D eigenvalue weighted by molar-refractivity contribution is 0.0470. The van der Waals surface area contributed by atoms with E-state index in [1.165, 1.54) is 24.3 Å². The van der Waals surface area contributed by atoms with Gasteiger partial charge in [0, 0.05) is 11.3 Å². The second kappa shape index (κ2) is 6.01. The molecule has 0 heterocycles. The van der Waals surface area contributed by atoms with E-state index in [-0.39, 0.29) is 29.0 Å². The number of nitrogen functional groups attached to an aromatic ring is 1. The zero-order valence-electron chi connectivity index (χ0n) is 10.8. The fourth-order valence-electron chi connectivity index (χ4n) is 1.72. The van der Waals surface area contributed by atoms with Crippen LogP contribution in [0.1, 0.15) is 21.5 Å². The summed E-state index contributed by atoms with van der Waals surface area (Å²) in [6.07, 6.45) is 0. The number of ether oxygens (including phenoxy) is 1. The van der Waals surface area contributed by atoms with Crippen LogP contribution >= 0.6 is 0 Å². The zero-order valence-corrected chi connectivity index (χ0v) is 10.8. The quantitative estimate of drug-likeness (QED) is 0.696. The molecule has 106 valence electrons. The highest BCUT2D eigenvalue weighted by molar-refractivity contribution is 5.94. The second-order valence-corrected chi connectivity index (χ2v) is 4.20. The standard InChI is InChI=1S/C15H10F2N2O2/c16-11-4-5-12(13(19)6-11)15(20)21-8-10-3-1-2-9(7-18)14(10)17/h1-6H,8,19H2. The van der Waals surface area contributed by atoms with Gasteiger partial charge in [-0.2, -0.15) is 5.26 Å². The zero-order chi connectivity index (χ0) is 15.4. The molecule has 2 rings (SSSR count). The molecule has 0 spiro atoms. The third kappa shape index (κ3) is 3.15. The van der Waals surface area contributed by atoms with Gasteiger partial charge in [-0.15, -0.1) is 0 Å². The maximum atomic E-state index is 13.8. The Balaban J connectivity index is 2.13. The van der Waals surface area contributed by atoms with Crippen molar-refractivity contribution < 1.29 is 18.3 Å². The Morgan fingerprint density at radius 1 is 1.29 bits per heavy atom. The minimum atomic E-state index is -0.797. The van der Waals surface area contributed by atoms with Gasteiger partial charge in [-0.05, 0) is 24.3 Å². The molecule has 4 nitrogen and oxygen atoms in total. The molecule has 0 aliphatic heterocycles. The first kappa shape index (κ1) is 14.5. The van der Waals surface area contributed by atoms with Gasteiger partial charge in [0.2, 0.25) is 0 Å². The summed E-state index contributed by atoms with van der Waals surface area (Å²) in [5.74, 6) is -2.11. The SMILES string of the molecule is N#Cc1cccc(COC(=O)c2ccc(F)cc2N)c1F. The van der Waals surface area contributed by atoms with E-state index in [1.54, 1.807) is 6.07 Å². The van der Waals surface area contributed by atoms with E-state index in [4.69, 9.17) is 15.7 Å². The van der Waals surface area contributed by atoms with Gasteiger partial charge in [-0.1, -0.05) is 12.1 Å². The van der Waals surface area contributed by atoms with Crippen LogP contribution in [-0.4, -0.2) is 5.97 Å². The summed E-state index contributed by atoms with van der Waals surface area (Å²) in [6.45, 7) is -0.350. The van der Waals surface area contributed by atoms with Crippen LogP contribution < -0.4 is 5.73 Å². The molecule has 0 aromatic heterocycles. The van der Waals surface area contributed by atoms with Gasteiger partial charge in [-0.3, -0.25) is 0 Å². The van der Waals surface area contributed by atoms with Crippen molar-refractivity contribution in [3.8, 4) is 6.07 Å². The van der Waals surface area contributed by atoms with Crippen molar-refractivity contribution in [2.75, 3.05) is 5.73 Å². The van der Waals surface area contributed by atoms with E-state index in [9.17, 15) is 13.6 Å². The maximum absolute atomic E-state index is 13.8. The highest BCUT2D eigenvalue weighted by atomic mass is 19.1. The molecule has 0 aliphatic rings. The lowest BCUT2D eigenvalue weighted by atomic mass is 10.1. The number of esters is 1. The molecule has 0 saturated heterocycles. The van der Waals surface area contributed by atoms with E-state index in [0.717, 1.165) is 12.1 Å². The number of benzene rings is 2. The van der Waals surface area contributed by atoms with E-state index in [2.05, 4.69) is 0 Å². The molecule has 0 atom stereocenters. The summed E-state index contributed by atoms with van der Waals surface area (Å²) in [6, 6.07) is 9.15. The predicted octanol–water partition coefficient (Wildman–Crippen LogP) is 2.78. The first-order valence-electron chi connectivity index (χ1n) is 5.92. The number of anilines is 1. The Kier molecular flexibility index (Phi) is 4.14. The fourth-order valence-corrected chi connectivity index (χ4v) is 1.72. The molecular formula is C15H10F2N2O2. The van der Waals surface area contributed by atoms with Crippen LogP contribution in [0, 0.1) is 23.0 Å². The number of carbonyl (C=O) groups is 1. The van der Waals surface area contributed by atoms with Crippen molar-refractivity contribution in [2.24, 2.45) is 0 Å². The fraction of sp³-hybridized carbons (Fsp3) is 0.0667. The molecule has 21 heavy (non-hydrogen) atoms. The molecule has 0 fully saturated rings. The van der Waals surface area contributed by atoms with Gasteiger partial charge in [-0.25, -0.2) is 13.6 Å². The van der Waals surface area contributed by atoms with Gasteiger partial charge in [0.1, 0.15) is 24.3 Å². The van der Waals surface area contributed by atoms with E-state index in [1.807, 2.05) is 0 Å². The van der Waals surface area contributed by atoms with E-state index < -0.39 is 17.6 Å². The van der Waals surface area contributed by atoms with Crippen LogP contribution in [0.15, 0.2) is 36.4 Å². The third-order valence-corrected chi connectivity index (χ3v) is 2.79. The number of nitrogens with zero attached hydrogens (tertiary/aromatic N) is 1. The van der Waals surface area contributed by atoms with Crippen LogP contribution in [0.4, 0.5) is 14.5 Å². The normalized spacial score (nSPS) is 9.95. The van der Waals surface area contributed by atoms with Crippen LogP contribution in [-0.2, 0) is 11.3 Å². The van der Waals surface area contributed by atoms with Gasteiger partial charge < -0.3 is 10.5 Å². The minimum absolute atomic E-state index is 0.00625. The molecule has 0 saturated carbocycles.